The Morgan fingerprint density at radius 1 is 0.750 bits per heavy atom. The number of benzene rings is 3. The number of para-hydroxylation sites is 1. The Morgan fingerprint density at radius 3 is 2.21 bits per heavy atom. The Labute approximate surface area is 146 Å². The summed E-state index contributed by atoms with van der Waals surface area (Å²) in [5.41, 5.74) is 5.28. The van der Waals surface area contributed by atoms with Crippen LogP contribution in [0.4, 0.5) is 0 Å². The molecule has 0 bridgehead atoms. The number of rotatable bonds is 5. The summed E-state index contributed by atoms with van der Waals surface area (Å²) >= 11 is 1.98. The lowest BCUT2D eigenvalue weighted by atomic mass is 10.0. The van der Waals surface area contributed by atoms with E-state index in [9.17, 15) is 0 Å². The Bertz CT molecular complexity index is 912. The summed E-state index contributed by atoms with van der Waals surface area (Å²) in [6, 6.07) is 30.0. The van der Waals surface area contributed by atoms with Crippen molar-refractivity contribution < 1.29 is 0 Å². The summed E-state index contributed by atoms with van der Waals surface area (Å²) in [4.78, 5) is 3.42. The highest BCUT2D eigenvalue weighted by atomic mass is 32.2. The lowest BCUT2D eigenvalue weighted by molar-refractivity contribution is 1.16. The molecule has 0 saturated heterocycles. The molecule has 2 heteroatoms. The molecule has 1 heterocycles. The van der Waals surface area contributed by atoms with Gasteiger partial charge in [0.2, 0.25) is 0 Å². The van der Waals surface area contributed by atoms with E-state index in [2.05, 4.69) is 96.1 Å². The fraction of sp³-hybridized carbons (Fsp3) is 0.0909. The van der Waals surface area contributed by atoms with Crippen LogP contribution in [0.15, 0.2) is 91.1 Å². The Balaban J connectivity index is 1.71. The number of hydrogen-bond donors (Lipinski definition) is 1. The second kappa shape index (κ2) is 6.98. The highest BCUT2D eigenvalue weighted by Gasteiger charge is 2.18. The van der Waals surface area contributed by atoms with Crippen molar-refractivity contribution in [3.05, 3.63) is 108 Å². The van der Waals surface area contributed by atoms with Gasteiger partial charge in [0.1, 0.15) is 0 Å². The van der Waals surface area contributed by atoms with Crippen molar-refractivity contribution in [2.24, 2.45) is 0 Å². The van der Waals surface area contributed by atoms with Crippen molar-refractivity contribution in [3.63, 3.8) is 0 Å². The molecule has 0 spiro atoms. The molecule has 0 saturated carbocycles. The first-order valence-corrected chi connectivity index (χ1v) is 9.23. The number of aromatic nitrogens is 1. The van der Waals surface area contributed by atoms with E-state index >= 15 is 0 Å². The van der Waals surface area contributed by atoms with Crippen LogP contribution in [0.5, 0.6) is 0 Å². The molecule has 3 aromatic carbocycles. The fourth-order valence-electron chi connectivity index (χ4n) is 3.06. The van der Waals surface area contributed by atoms with Gasteiger partial charge in [-0.05, 0) is 22.8 Å². The Kier molecular flexibility index (Phi) is 4.39. The van der Waals surface area contributed by atoms with Crippen LogP contribution in [0.25, 0.3) is 10.9 Å². The van der Waals surface area contributed by atoms with Gasteiger partial charge in [0.25, 0.3) is 0 Å². The van der Waals surface area contributed by atoms with Crippen LogP contribution in [0, 0.1) is 0 Å². The highest BCUT2D eigenvalue weighted by Crippen LogP contribution is 2.40. The summed E-state index contributed by atoms with van der Waals surface area (Å²) in [7, 11) is 0. The molecule has 0 aliphatic rings. The van der Waals surface area contributed by atoms with Gasteiger partial charge >= 0.3 is 0 Å². The SMILES string of the molecule is c1ccc(CSC(c2ccccc2)c2c[nH]c3ccccc23)cc1. The number of nitrogens with one attached hydrogen (secondary N) is 1. The summed E-state index contributed by atoms with van der Waals surface area (Å²) < 4.78 is 0. The van der Waals surface area contributed by atoms with Gasteiger partial charge in [-0.2, -0.15) is 0 Å². The number of fused-ring (bicyclic) bond motifs is 1. The smallest absolute Gasteiger partial charge is 0.0570 e. The third-order valence-corrected chi connectivity index (χ3v) is 5.62. The first-order chi connectivity index (χ1) is 11.9. The van der Waals surface area contributed by atoms with Gasteiger partial charge in [0, 0.05) is 22.9 Å². The quantitative estimate of drug-likeness (QED) is 0.461. The van der Waals surface area contributed by atoms with E-state index in [1.165, 1.54) is 27.6 Å². The van der Waals surface area contributed by atoms with Crippen LogP contribution in [0.1, 0.15) is 21.9 Å². The second-order valence-electron chi connectivity index (χ2n) is 5.88. The molecule has 24 heavy (non-hydrogen) atoms. The first-order valence-electron chi connectivity index (χ1n) is 8.18. The average molecular weight is 329 g/mol. The monoisotopic (exact) mass is 329 g/mol. The van der Waals surface area contributed by atoms with Crippen LogP contribution in [0.2, 0.25) is 0 Å². The van der Waals surface area contributed by atoms with E-state index < -0.39 is 0 Å². The van der Waals surface area contributed by atoms with E-state index in [4.69, 9.17) is 0 Å². The van der Waals surface area contributed by atoms with Crippen LogP contribution in [-0.4, -0.2) is 4.98 Å². The first kappa shape index (κ1) is 15.1. The third-order valence-electron chi connectivity index (χ3n) is 4.27. The maximum atomic E-state index is 3.42. The van der Waals surface area contributed by atoms with Gasteiger partial charge in [-0.3, -0.25) is 0 Å². The molecule has 4 rings (SSSR count). The van der Waals surface area contributed by atoms with Gasteiger partial charge in [-0.1, -0.05) is 78.9 Å². The predicted octanol–water partition coefficient (Wildman–Crippen LogP) is 6.19. The zero-order valence-corrected chi connectivity index (χ0v) is 14.2. The number of aromatic amines is 1. The van der Waals surface area contributed by atoms with Crippen LogP contribution in [0.3, 0.4) is 0 Å². The summed E-state index contributed by atoms with van der Waals surface area (Å²) in [5, 5.41) is 1.63. The number of thioether (sulfide) groups is 1. The van der Waals surface area contributed by atoms with Crippen LogP contribution in [-0.2, 0) is 5.75 Å². The van der Waals surface area contributed by atoms with Gasteiger partial charge in [-0.15, -0.1) is 11.8 Å². The fourth-order valence-corrected chi connectivity index (χ4v) is 4.33. The second-order valence-corrected chi connectivity index (χ2v) is 6.97. The van der Waals surface area contributed by atoms with Crippen molar-refractivity contribution in [1.82, 2.24) is 4.98 Å². The number of H-pyrrole nitrogens is 1. The lowest BCUT2D eigenvalue weighted by Crippen LogP contribution is -1.97. The van der Waals surface area contributed by atoms with Crippen LogP contribution >= 0.6 is 11.8 Å². The van der Waals surface area contributed by atoms with Gasteiger partial charge in [0.05, 0.1) is 5.25 Å². The zero-order valence-electron chi connectivity index (χ0n) is 13.4. The molecule has 0 aliphatic carbocycles. The van der Waals surface area contributed by atoms with Crippen LogP contribution < -0.4 is 0 Å². The minimum Gasteiger partial charge on any atom is -0.361 e. The Morgan fingerprint density at radius 2 is 1.42 bits per heavy atom. The van der Waals surface area contributed by atoms with Crippen molar-refractivity contribution in [2.75, 3.05) is 0 Å². The lowest BCUT2D eigenvalue weighted by Gasteiger charge is -2.17. The molecule has 1 unspecified atom stereocenters. The average Bonchev–Trinajstić information content (AvgIpc) is 3.08. The van der Waals surface area contributed by atoms with Crippen molar-refractivity contribution in [3.8, 4) is 0 Å². The summed E-state index contributed by atoms with van der Waals surface area (Å²) in [5.74, 6) is 1.000. The van der Waals surface area contributed by atoms with E-state index in [-0.39, 0.29) is 0 Å². The minimum atomic E-state index is 0.322. The highest BCUT2D eigenvalue weighted by molar-refractivity contribution is 7.99. The van der Waals surface area contributed by atoms with Gasteiger partial charge < -0.3 is 4.98 Å². The van der Waals surface area contributed by atoms with Gasteiger partial charge in [0.15, 0.2) is 0 Å². The van der Waals surface area contributed by atoms with E-state index in [1.54, 1.807) is 0 Å². The predicted molar refractivity (Wildman–Crippen MR) is 104 cm³/mol. The molecule has 1 aromatic heterocycles. The van der Waals surface area contributed by atoms with Crippen molar-refractivity contribution >= 4 is 22.7 Å². The molecule has 1 N–H and O–H groups in total. The standard InChI is InChI=1S/C22H19NS/c1-3-9-17(10-4-1)16-24-22(18-11-5-2-6-12-18)20-15-23-21-14-8-7-13-19(20)21/h1-15,22-23H,16H2. The molecule has 0 fully saturated rings. The van der Waals surface area contributed by atoms with E-state index in [0.29, 0.717) is 5.25 Å². The molecular weight excluding hydrogens is 310 g/mol. The van der Waals surface area contributed by atoms with Crippen molar-refractivity contribution in [2.45, 2.75) is 11.0 Å². The minimum absolute atomic E-state index is 0.322. The maximum absolute atomic E-state index is 3.42. The summed E-state index contributed by atoms with van der Waals surface area (Å²) in [6.07, 6.45) is 2.17. The molecule has 0 amide bonds. The van der Waals surface area contributed by atoms with E-state index in [0.717, 1.165) is 5.75 Å². The third kappa shape index (κ3) is 3.10. The molecule has 4 aromatic rings. The number of hydrogen-bond acceptors (Lipinski definition) is 1. The largest absolute Gasteiger partial charge is 0.361 e. The topological polar surface area (TPSA) is 15.8 Å². The normalized spacial score (nSPS) is 12.3. The molecule has 1 atom stereocenters. The van der Waals surface area contributed by atoms with E-state index in [1.807, 2.05) is 11.8 Å². The molecule has 0 radical (unpaired) electrons. The molecule has 118 valence electrons. The molecule has 0 aliphatic heterocycles. The molecule has 1 nitrogen and oxygen atoms in total. The van der Waals surface area contributed by atoms with Crippen molar-refractivity contribution in [1.29, 1.82) is 0 Å². The van der Waals surface area contributed by atoms with Gasteiger partial charge in [-0.25, -0.2) is 0 Å². The maximum Gasteiger partial charge on any atom is 0.0570 e. The zero-order chi connectivity index (χ0) is 16.2. The Hall–Kier alpha value is -2.45. The molecular formula is C22H19NS. The summed E-state index contributed by atoms with van der Waals surface area (Å²) in [6.45, 7) is 0.